The van der Waals surface area contributed by atoms with Crippen LogP contribution in [0.4, 0.5) is 5.69 Å². The predicted molar refractivity (Wildman–Crippen MR) is 105 cm³/mol. The van der Waals surface area contributed by atoms with E-state index in [1.54, 1.807) is 18.5 Å². The zero-order chi connectivity index (χ0) is 18.5. The van der Waals surface area contributed by atoms with Gasteiger partial charge < -0.3 is 10.1 Å². The van der Waals surface area contributed by atoms with Crippen molar-refractivity contribution in [2.24, 2.45) is 0 Å². The standard InChI is InChI=1S/C22H17N3O2/c26-22(25-17-10-11-20-21(14-17)24-13-12-23-20)19-9-5-4-6-16(19)15-27-18-7-2-1-3-8-18/h1-14H,15H2,(H,25,26). The van der Waals surface area contributed by atoms with Crippen LogP contribution in [0.5, 0.6) is 5.75 Å². The van der Waals surface area contributed by atoms with Gasteiger partial charge in [0.2, 0.25) is 0 Å². The van der Waals surface area contributed by atoms with E-state index in [0.29, 0.717) is 17.9 Å². The first-order valence-electron chi connectivity index (χ1n) is 8.57. The molecule has 0 aliphatic carbocycles. The van der Waals surface area contributed by atoms with Crippen LogP contribution in [-0.4, -0.2) is 15.9 Å². The normalized spacial score (nSPS) is 10.5. The molecule has 27 heavy (non-hydrogen) atoms. The number of rotatable bonds is 5. The third kappa shape index (κ3) is 3.93. The lowest BCUT2D eigenvalue weighted by Gasteiger charge is -2.12. The number of anilines is 1. The first-order valence-corrected chi connectivity index (χ1v) is 8.57. The first kappa shape index (κ1) is 16.7. The molecule has 1 aromatic heterocycles. The van der Waals surface area contributed by atoms with Crippen LogP contribution in [0.1, 0.15) is 15.9 Å². The monoisotopic (exact) mass is 355 g/mol. The van der Waals surface area contributed by atoms with Crippen LogP contribution in [0, 0.1) is 0 Å². The second-order valence-electron chi connectivity index (χ2n) is 5.97. The van der Waals surface area contributed by atoms with Gasteiger partial charge in [-0.15, -0.1) is 0 Å². The number of hydrogen-bond acceptors (Lipinski definition) is 4. The summed E-state index contributed by atoms with van der Waals surface area (Å²) in [5, 5.41) is 2.93. The van der Waals surface area contributed by atoms with Crippen LogP contribution >= 0.6 is 0 Å². The maximum atomic E-state index is 12.8. The molecule has 5 heteroatoms. The molecule has 0 saturated carbocycles. The van der Waals surface area contributed by atoms with Gasteiger partial charge in [-0.25, -0.2) is 0 Å². The van der Waals surface area contributed by atoms with Crippen LogP contribution in [-0.2, 0) is 6.61 Å². The molecule has 132 valence electrons. The summed E-state index contributed by atoms with van der Waals surface area (Å²) < 4.78 is 5.79. The largest absolute Gasteiger partial charge is 0.489 e. The molecule has 0 saturated heterocycles. The number of carbonyl (C=O) groups excluding carboxylic acids is 1. The average Bonchev–Trinajstić information content (AvgIpc) is 2.73. The number of benzene rings is 3. The zero-order valence-corrected chi connectivity index (χ0v) is 14.5. The molecule has 1 amide bonds. The Morgan fingerprint density at radius 3 is 2.44 bits per heavy atom. The van der Waals surface area contributed by atoms with E-state index in [9.17, 15) is 4.79 Å². The van der Waals surface area contributed by atoms with Gasteiger partial charge in [-0.2, -0.15) is 0 Å². The van der Waals surface area contributed by atoms with Gasteiger partial charge in [0, 0.05) is 29.2 Å². The van der Waals surface area contributed by atoms with E-state index in [1.165, 1.54) is 0 Å². The third-order valence-electron chi connectivity index (χ3n) is 4.13. The van der Waals surface area contributed by atoms with E-state index in [4.69, 9.17) is 4.74 Å². The van der Waals surface area contributed by atoms with E-state index >= 15 is 0 Å². The second kappa shape index (κ2) is 7.66. The molecule has 3 aromatic carbocycles. The molecule has 0 unspecified atom stereocenters. The van der Waals surface area contributed by atoms with Crippen molar-refractivity contribution < 1.29 is 9.53 Å². The molecule has 1 heterocycles. The maximum absolute atomic E-state index is 12.8. The van der Waals surface area contributed by atoms with Crippen molar-refractivity contribution in [3.8, 4) is 5.75 Å². The summed E-state index contributed by atoms with van der Waals surface area (Å²) >= 11 is 0. The fourth-order valence-electron chi connectivity index (χ4n) is 2.78. The third-order valence-corrected chi connectivity index (χ3v) is 4.13. The molecule has 0 fully saturated rings. The van der Waals surface area contributed by atoms with Crippen LogP contribution in [0.15, 0.2) is 85.2 Å². The Balaban J connectivity index is 1.52. The SMILES string of the molecule is O=C(Nc1ccc2nccnc2c1)c1ccccc1COc1ccccc1. The first-order chi connectivity index (χ1) is 13.3. The van der Waals surface area contributed by atoms with E-state index in [2.05, 4.69) is 15.3 Å². The van der Waals surface area contributed by atoms with E-state index in [0.717, 1.165) is 22.3 Å². The Kier molecular flexibility index (Phi) is 4.74. The van der Waals surface area contributed by atoms with Crippen molar-refractivity contribution in [1.82, 2.24) is 9.97 Å². The summed E-state index contributed by atoms with van der Waals surface area (Å²) in [6.07, 6.45) is 3.27. The molecular formula is C22H17N3O2. The molecule has 5 nitrogen and oxygen atoms in total. The summed E-state index contributed by atoms with van der Waals surface area (Å²) in [5.41, 5.74) is 3.59. The number of nitrogens with zero attached hydrogens (tertiary/aromatic N) is 2. The Morgan fingerprint density at radius 2 is 1.59 bits per heavy atom. The topological polar surface area (TPSA) is 64.1 Å². The molecule has 0 atom stereocenters. The second-order valence-corrected chi connectivity index (χ2v) is 5.97. The predicted octanol–water partition coefficient (Wildman–Crippen LogP) is 4.46. The zero-order valence-electron chi connectivity index (χ0n) is 14.5. The van der Waals surface area contributed by atoms with E-state index in [-0.39, 0.29) is 5.91 Å². The fraction of sp³-hybridized carbons (Fsp3) is 0.0455. The van der Waals surface area contributed by atoms with Crippen LogP contribution in [0.3, 0.4) is 0 Å². The van der Waals surface area contributed by atoms with Gasteiger partial charge in [-0.1, -0.05) is 36.4 Å². The number of nitrogens with one attached hydrogen (secondary N) is 1. The van der Waals surface area contributed by atoms with Gasteiger partial charge in [-0.05, 0) is 36.4 Å². The summed E-state index contributed by atoms with van der Waals surface area (Å²) in [5.74, 6) is 0.575. The Morgan fingerprint density at radius 1 is 0.852 bits per heavy atom. The average molecular weight is 355 g/mol. The van der Waals surface area contributed by atoms with Crippen LogP contribution in [0.25, 0.3) is 11.0 Å². The van der Waals surface area contributed by atoms with Gasteiger partial charge in [0.1, 0.15) is 12.4 Å². The number of para-hydroxylation sites is 1. The lowest BCUT2D eigenvalue weighted by Crippen LogP contribution is -2.15. The molecule has 1 N–H and O–H groups in total. The molecular weight excluding hydrogens is 338 g/mol. The lowest BCUT2D eigenvalue weighted by molar-refractivity contribution is 0.102. The molecule has 0 spiro atoms. The highest BCUT2D eigenvalue weighted by molar-refractivity contribution is 6.05. The Labute approximate surface area is 156 Å². The molecule has 4 aromatic rings. The molecule has 0 bridgehead atoms. The van der Waals surface area contributed by atoms with Crippen molar-refractivity contribution in [2.75, 3.05) is 5.32 Å². The minimum Gasteiger partial charge on any atom is -0.489 e. The lowest BCUT2D eigenvalue weighted by atomic mass is 10.1. The number of amides is 1. The maximum Gasteiger partial charge on any atom is 0.256 e. The molecule has 0 aliphatic heterocycles. The minimum absolute atomic E-state index is 0.189. The number of ether oxygens (including phenoxy) is 1. The quantitative estimate of drug-likeness (QED) is 0.574. The van der Waals surface area contributed by atoms with Gasteiger partial charge >= 0.3 is 0 Å². The van der Waals surface area contributed by atoms with E-state index in [1.807, 2.05) is 66.7 Å². The number of hydrogen-bond donors (Lipinski definition) is 1. The van der Waals surface area contributed by atoms with Gasteiger partial charge in [0.15, 0.2) is 0 Å². The summed E-state index contributed by atoms with van der Waals surface area (Å²) in [6.45, 7) is 0.316. The molecule has 0 radical (unpaired) electrons. The highest BCUT2D eigenvalue weighted by atomic mass is 16.5. The summed E-state index contributed by atoms with van der Waals surface area (Å²) in [6, 6.07) is 22.4. The van der Waals surface area contributed by atoms with Crippen molar-refractivity contribution in [3.05, 3.63) is 96.3 Å². The molecule has 4 rings (SSSR count). The van der Waals surface area contributed by atoms with Crippen molar-refractivity contribution in [2.45, 2.75) is 6.61 Å². The number of fused-ring (bicyclic) bond motifs is 1. The number of aromatic nitrogens is 2. The van der Waals surface area contributed by atoms with Gasteiger partial charge in [-0.3, -0.25) is 14.8 Å². The van der Waals surface area contributed by atoms with Crippen molar-refractivity contribution in [3.63, 3.8) is 0 Å². The van der Waals surface area contributed by atoms with Crippen LogP contribution < -0.4 is 10.1 Å². The highest BCUT2D eigenvalue weighted by Crippen LogP contribution is 2.18. The highest BCUT2D eigenvalue weighted by Gasteiger charge is 2.12. The van der Waals surface area contributed by atoms with Crippen molar-refractivity contribution >= 4 is 22.6 Å². The fourth-order valence-corrected chi connectivity index (χ4v) is 2.78. The van der Waals surface area contributed by atoms with E-state index < -0.39 is 0 Å². The Hall–Kier alpha value is -3.73. The summed E-state index contributed by atoms with van der Waals surface area (Å²) in [4.78, 5) is 21.3. The summed E-state index contributed by atoms with van der Waals surface area (Å²) in [7, 11) is 0. The minimum atomic E-state index is -0.189. The number of carbonyl (C=O) groups is 1. The molecule has 0 aliphatic rings. The van der Waals surface area contributed by atoms with Gasteiger partial charge in [0.05, 0.1) is 11.0 Å². The van der Waals surface area contributed by atoms with Gasteiger partial charge in [0.25, 0.3) is 5.91 Å². The van der Waals surface area contributed by atoms with Crippen LogP contribution in [0.2, 0.25) is 0 Å². The Bertz CT molecular complexity index is 1080. The van der Waals surface area contributed by atoms with Crippen molar-refractivity contribution in [1.29, 1.82) is 0 Å². The smallest absolute Gasteiger partial charge is 0.256 e.